The number of fused-ring (bicyclic) bond motifs is 1. The van der Waals surface area contributed by atoms with Crippen molar-refractivity contribution in [1.82, 2.24) is 5.32 Å². The van der Waals surface area contributed by atoms with Crippen LogP contribution in [0, 0.1) is 11.6 Å². The molecule has 1 aliphatic carbocycles. The Hall–Kier alpha value is -1.74. The first kappa shape index (κ1) is 12.3. The largest absolute Gasteiger partial charge is 0.313 e. The zero-order chi connectivity index (χ0) is 13.4. The Morgan fingerprint density at radius 3 is 2.42 bits per heavy atom. The summed E-state index contributed by atoms with van der Waals surface area (Å²) in [4.78, 5) is 0. The van der Waals surface area contributed by atoms with Gasteiger partial charge in [-0.25, -0.2) is 8.78 Å². The number of rotatable bonds is 2. The molecule has 0 spiro atoms. The summed E-state index contributed by atoms with van der Waals surface area (Å²) in [5, 5.41) is 3.28. The molecular formula is C16H15F2N. The molecule has 19 heavy (non-hydrogen) atoms. The van der Waals surface area contributed by atoms with E-state index in [0.29, 0.717) is 0 Å². The highest BCUT2D eigenvalue weighted by atomic mass is 19.2. The lowest BCUT2D eigenvalue weighted by Crippen LogP contribution is -2.13. The van der Waals surface area contributed by atoms with E-state index in [2.05, 4.69) is 17.4 Å². The number of hydrogen-bond acceptors (Lipinski definition) is 1. The Labute approximate surface area is 111 Å². The minimum Gasteiger partial charge on any atom is -0.313 e. The second kappa shape index (κ2) is 4.74. The Bertz CT molecular complexity index is 609. The van der Waals surface area contributed by atoms with Gasteiger partial charge in [0.25, 0.3) is 0 Å². The van der Waals surface area contributed by atoms with Gasteiger partial charge in [-0.3, -0.25) is 0 Å². The van der Waals surface area contributed by atoms with E-state index in [1.165, 1.54) is 23.3 Å². The molecule has 1 N–H and O–H groups in total. The number of nitrogens with one attached hydrogen (secondary N) is 1. The zero-order valence-electron chi connectivity index (χ0n) is 10.7. The van der Waals surface area contributed by atoms with E-state index in [1.807, 2.05) is 19.2 Å². The number of halogens is 2. The summed E-state index contributed by atoms with van der Waals surface area (Å²) in [6, 6.07) is 12.6. The molecule has 2 aromatic carbocycles. The molecule has 0 amide bonds. The van der Waals surface area contributed by atoms with Crippen molar-refractivity contribution in [3.63, 3.8) is 0 Å². The van der Waals surface area contributed by atoms with Crippen LogP contribution in [-0.2, 0) is 0 Å². The molecule has 2 atom stereocenters. The lowest BCUT2D eigenvalue weighted by atomic mass is 9.93. The van der Waals surface area contributed by atoms with Crippen LogP contribution in [0.2, 0.25) is 0 Å². The fourth-order valence-corrected chi connectivity index (χ4v) is 2.95. The van der Waals surface area contributed by atoms with Gasteiger partial charge in [0, 0.05) is 12.0 Å². The molecule has 0 saturated carbocycles. The quantitative estimate of drug-likeness (QED) is 0.866. The maximum atomic E-state index is 13.4. The van der Waals surface area contributed by atoms with Crippen LogP contribution in [0.15, 0.2) is 42.5 Å². The van der Waals surface area contributed by atoms with E-state index >= 15 is 0 Å². The lowest BCUT2D eigenvalue weighted by molar-refractivity contribution is 0.504. The summed E-state index contributed by atoms with van der Waals surface area (Å²) in [6.45, 7) is 0. The minimum atomic E-state index is -0.791. The number of hydrogen-bond donors (Lipinski definition) is 1. The maximum Gasteiger partial charge on any atom is 0.159 e. The Morgan fingerprint density at radius 2 is 1.74 bits per heavy atom. The van der Waals surface area contributed by atoms with E-state index in [4.69, 9.17) is 0 Å². The molecule has 0 aromatic heterocycles. The van der Waals surface area contributed by atoms with Crippen molar-refractivity contribution >= 4 is 0 Å². The topological polar surface area (TPSA) is 12.0 Å². The van der Waals surface area contributed by atoms with Crippen LogP contribution in [0.3, 0.4) is 0 Å². The molecule has 0 fully saturated rings. The summed E-state index contributed by atoms with van der Waals surface area (Å²) in [6.07, 6.45) is 0.876. The van der Waals surface area contributed by atoms with Gasteiger partial charge in [-0.05, 0) is 42.3 Å². The average Bonchev–Trinajstić information content (AvgIpc) is 2.81. The van der Waals surface area contributed by atoms with Crippen molar-refractivity contribution in [2.75, 3.05) is 7.05 Å². The van der Waals surface area contributed by atoms with E-state index in [9.17, 15) is 8.78 Å². The monoisotopic (exact) mass is 259 g/mol. The van der Waals surface area contributed by atoms with Crippen molar-refractivity contribution in [1.29, 1.82) is 0 Å². The fraction of sp³-hybridized carbons (Fsp3) is 0.250. The van der Waals surface area contributed by atoms with Gasteiger partial charge < -0.3 is 5.32 Å². The average molecular weight is 259 g/mol. The SMILES string of the molecule is CN[C@H]1C[C@@H](c2ccc(F)c(F)c2)c2ccccc21. The first-order valence-electron chi connectivity index (χ1n) is 6.41. The van der Waals surface area contributed by atoms with Gasteiger partial charge in [0.15, 0.2) is 11.6 Å². The second-order valence-corrected chi connectivity index (χ2v) is 4.93. The normalized spacial score (nSPS) is 21.4. The summed E-state index contributed by atoms with van der Waals surface area (Å²) < 4.78 is 26.4. The van der Waals surface area contributed by atoms with Gasteiger partial charge in [0.05, 0.1) is 0 Å². The second-order valence-electron chi connectivity index (χ2n) is 4.93. The highest BCUT2D eigenvalue weighted by Crippen LogP contribution is 2.43. The summed E-state index contributed by atoms with van der Waals surface area (Å²) in [7, 11) is 1.93. The van der Waals surface area contributed by atoms with Crippen LogP contribution in [0.5, 0.6) is 0 Å². The number of benzene rings is 2. The Balaban J connectivity index is 2.05. The molecule has 3 heteroatoms. The molecular weight excluding hydrogens is 244 g/mol. The Kier molecular flexibility index (Phi) is 3.07. The lowest BCUT2D eigenvalue weighted by Gasteiger charge is -2.12. The summed E-state index contributed by atoms with van der Waals surface area (Å²) >= 11 is 0. The van der Waals surface area contributed by atoms with Crippen LogP contribution in [0.4, 0.5) is 8.78 Å². The molecule has 0 radical (unpaired) electrons. The molecule has 98 valence electrons. The van der Waals surface area contributed by atoms with Crippen molar-refractivity contribution < 1.29 is 8.78 Å². The van der Waals surface area contributed by atoms with E-state index in [0.717, 1.165) is 12.0 Å². The molecule has 1 nitrogen and oxygen atoms in total. The maximum absolute atomic E-state index is 13.4. The van der Waals surface area contributed by atoms with Crippen molar-refractivity contribution in [2.45, 2.75) is 18.4 Å². The van der Waals surface area contributed by atoms with Gasteiger partial charge in [0.2, 0.25) is 0 Å². The highest BCUT2D eigenvalue weighted by Gasteiger charge is 2.30. The standard InChI is InChI=1S/C16H15F2N/c1-19-16-9-13(11-4-2-3-5-12(11)16)10-6-7-14(17)15(18)8-10/h2-8,13,16,19H,9H2,1H3/t13-,16-/m0/s1. The van der Waals surface area contributed by atoms with E-state index < -0.39 is 11.6 Å². The van der Waals surface area contributed by atoms with E-state index in [-0.39, 0.29) is 12.0 Å². The highest BCUT2D eigenvalue weighted by molar-refractivity contribution is 5.44. The van der Waals surface area contributed by atoms with Gasteiger partial charge in [-0.2, -0.15) is 0 Å². The Morgan fingerprint density at radius 1 is 1.00 bits per heavy atom. The molecule has 0 saturated heterocycles. The molecule has 0 unspecified atom stereocenters. The molecule has 0 heterocycles. The van der Waals surface area contributed by atoms with Crippen LogP contribution in [-0.4, -0.2) is 7.05 Å². The molecule has 0 bridgehead atoms. The zero-order valence-corrected chi connectivity index (χ0v) is 10.7. The van der Waals surface area contributed by atoms with Crippen LogP contribution >= 0.6 is 0 Å². The predicted molar refractivity (Wildman–Crippen MR) is 71.1 cm³/mol. The summed E-state index contributed by atoms with van der Waals surface area (Å²) in [5.74, 6) is -1.44. The van der Waals surface area contributed by atoms with Gasteiger partial charge in [-0.15, -0.1) is 0 Å². The molecule has 1 aliphatic rings. The molecule has 0 aliphatic heterocycles. The molecule has 3 rings (SSSR count). The third-order valence-electron chi connectivity index (χ3n) is 3.91. The third kappa shape index (κ3) is 2.04. The van der Waals surface area contributed by atoms with Crippen molar-refractivity contribution in [3.05, 3.63) is 70.8 Å². The van der Waals surface area contributed by atoms with Gasteiger partial charge in [-0.1, -0.05) is 30.3 Å². The first-order valence-corrected chi connectivity index (χ1v) is 6.41. The predicted octanol–water partition coefficient (Wildman–Crippen LogP) is 3.76. The van der Waals surface area contributed by atoms with Crippen LogP contribution in [0.1, 0.15) is 35.1 Å². The van der Waals surface area contributed by atoms with Crippen molar-refractivity contribution in [2.24, 2.45) is 0 Å². The smallest absolute Gasteiger partial charge is 0.159 e. The van der Waals surface area contributed by atoms with E-state index in [1.54, 1.807) is 6.07 Å². The minimum absolute atomic E-state index is 0.128. The van der Waals surface area contributed by atoms with Crippen LogP contribution in [0.25, 0.3) is 0 Å². The van der Waals surface area contributed by atoms with Crippen molar-refractivity contribution in [3.8, 4) is 0 Å². The first-order chi connectivity index (χ1) is 9.20. The van der Waals surface area contributed by atoms with Gasteiger partial charge in [0.1, 0.15) is 0 Å². The molecule has 2 aromatic rings. The fourth-order valence-electron chi connectivity index (χ4n) is 2.95. The third-order valence-corrected chi connectivity index (χ3v) is 3.91. The van der Waals surface area contributed by atoms with Crippen LogP contribution < -0.4 is 5.32 Å². The summed E-state index contributed by atoms with van der Waals surface area (Å²) in [5.41, 5.74) is 3.29. The van der Waals surface area contributed by atoms with Gasteiger partial charge >= 0.3 is 0 Å².